The van der Waals surface area contributed by atoms with Crippen LogP contribution in [0.3, 0.4) is 0 Å². The van der Waals surface area contributed by atoms with E-state index in [4.69, 9.17) is 14.2 Å². The molecular weight excluding hydrogens is 248 g/mol. The van der Waals surface area contributed by atoms with Crippen molar-refractivity contribution < 1.29 is 24.1 Å². The van der Waals surface area contributed by atoms with Gasteiger partial charge in [-0.25, -0.2) is 0 Å². The van der Waals surface area contributed by atoms with Gasteiger partial charge in [0.15, 0.2) is 0 Å². The molecule has 106 valence electrons. The fourth-order valence-electron chi connectivity index (χ4n) is 1.96. The smallest absolute Gasteiger partial charge is 0.311 e. The van der Waals surface area contributed by atoms with Crippen molar-refractivity contribution in [3.8, 4) is 11.5 Å². The van der Waals surface area contributed by atoms with Crippen LogP contribution in [0.4, 0.5) is 0 Å². The molecule has 0 bridgehead atoms. The van der Waals surface area contributed by atoms with E-state index >= 15 is 0 Å². The standard InChI is InChI=1S/C14H20O5/c1-5-10(14(16)19-4)13(15)11-8-9(17-2)6-7-12(11)18-3/h6-8,10,13,15H,5H2,1-4H3. The highest BCUT2D eigenvalue weighted by Gasteiger charge is 2.29. The van der Waals surface area contributed by atoms with Crippen LogP contribution < -0.4 is 9.47 Å². The minimum absolute atomic E-state index is 0.445. The largest absolute Gasteiger partial charge is 0.497 e. The lowest BCUT2D eigenvalue weighted by atomic mass is 9.92. The third kappa shape index (κ3) is 3.38. The second-order valence-electron chi connectivity index (χ2n) is 4.09. The highest BCUT2D eigenvalue weighted by molar-refractivity contribution is 5.73. The van der Waals surface area contributed by atoms with Crippen LogP contribution in [-0.4, -0.2) is 32.4 Å². The number of hydrogen-bond donors (Lipinski definition) is 1. The van der Waals surface area contributed by atoms with Crippen molar-refractivity contribution in [1.29, 1.82) is 0 Å². The fraction of sp³-hybridized carbons (Fsp3) is 0.500. The van der Waals surface area contributed by atoms with Crippen molar-refractivity contribution in [2.75, 3.05) is 21.3 Å². The Morgan fingerprint density at radius 2 is 1.95 bits per heavy atom. The van der Waals surface area contributed by atoms with Crippen molar-refractivity contribution in [2.24, 2.45) is 5.92 Å². The molecule has 0 saturated carbocycles. The number of hydrogen-bond acceptors (Lipinski definition) is 5. The lowest BCUT2D eigenvalue weighted by Gasteiger charge is -2.22. The van der Waals surface area contributed by atoms with Gasteiger partial charge in [0.25, 0.3) is 0 Å². The molecule has 0 aliphatic heterocycles. The lowest BCUT2D eigenvalue weighted by molar-refractivity contribution is -0.149. The van der Waals surface area contributed by atoms with Gasteiger partial charge in [-0.15, -0.1) is 0 Å². The molecule has 1 rings (SSSR count). The molecule has 5 nitrogen and oxygen atoms in total. The monoisotopic (exact) mass is 268 g/mol. The first-order valence-electron chi connectivity index (χ1n) is 6.06. The topological polar surface area (TPSA) is 65.0 Å². The van der Waals surface area contributed by atoms with E-state index in [1.54, 1.807) is 18.2 Å². The first kappa shape index (κ1) is 15.3. The van der Waals surface area contributed by atoms with Crippen molar-refractivity contribution >= 4 is 5.97 Å². The summed E-state index contributed by atoms with van der Waals surface area (Å²) in [4.78, 5) is 11.7. The van der Waals surface area contributed by atoms with E-state index in [0.29, 0.717) is 23.5 Å². The molecule has 1 aromatic rings. The zero-order valence-corrected chi connectivity index (χ0v) is 11.7. The third-order valence-corrected chi connectivity index (χ3v) is 3.08. The number of aliphatic hydroxyl groups is 1. The average molecular weight is 268 g/mol. The number of rotatable bonds is 6. The molecule has 0 aliphatic rings. The van der Waals surface area contributed by atoms with Gasteiger partial charge >= 0.3 is 5.97 Å². The van der Waals surface area contributed by atoms with Gasteiger partial charge < -0.3 is 19.3 Å². The Labute approximate surface area is 113 Å². The highest BCUT2D eigenvalue weighted by atomic mass is 16.5. The van der Waals surface area contributed by atoms with Crippen molar-refractivity contribution in [3.63, 3.8) is 0 Å². The Morgan fingerprint density at radius 3 is 2.42 bits per heavy atom. The minimum atomic E-state index is -0.998. The number of methoxy groups -OCH3 is 3. The molecule has 0 radical (unpaired) electrons. The third-order valence-electron chi connectivity index (χ3n) is 3.08. The second-order valence-corrected chi connectivity index (χ2v) is 4.09. The van der Waals surface area contributed by atoms with Crippen LogP contribution in [-0.2, 0) is 9.53 Å². The molecule has 5 heteroatoms. The minimum Gasteiger partial charge on any atom is -0.497 e. The van der Waals surface area contributed by atoms with E-state index in [9.17, 15) is 9.90 Å². The van der Waals surface area contributed by atoms with Gasteiger partial charge in [-0.1, -0.05) is 6.92 Å². The molecule has 19 heavy (non-hydrogen) atoms. The van der Waals surface area contributed by atoms with Crippen molar-refractivity contribution in [3.05, 3.63) is 23.8 Å². The SMILES string of the molecule is CCC(C(=O)OC)C(O)c1cc(OC)ccc1OC. The Morgan fingerprint density at radius 1 is 1.26 bits per heavy atom. The van der Waals surface area contributed by atoms with Crippen LogP contribution in [0.15, 0.2) is 18.2 Å². The van der Waals surface area contributed by atoms with E-state index in [0.717, 1.165) is 0 Å². The summed E-state index contributed by atoms with van der Waals surface area (Å²) < 4.78 is 15.0. The Bertz CT molecular complexity index is 430. The predicted molar refractivity (Wildman–Crippen MR) is 70.3 cm³/mol. The summed E-state index contributed by atoms with van der Waals surface area (Å²) in [5.74, 6) is 0.0242. The number of carbonyl (C=O) groups excluding carboxylic acids is 1. The summed E-state index contributed by atoms with van der Waals surface area (Å²) in [6.45, 7) is 1.82. The van der Waals surface area contributed by atoms with Gasteiger partial charge in [0.2, 0.25) is 0 Å². The molecule has 1 N–H and O–H groups in total. The molecule has 0 amide bonds. The van der Waals surface area contributed by atoms with Crippen LogP contribution in [0.25, 0.3) is 0 Å². The normalized spacial score (nSPS) is 13.5. The fourth-order valence-corrected chi connectivity index (χ4v) is 1.96. The molecule has 0 aliphatic carbocycles. The van der Waals surface area contributed by atoms with E-state index in [2.05, 4.69) is 0 Å². The van der Waals surface area contributed by atoms with Crippen LogP contribution in [0.1, 0.15) is 25.0 Å². The second kappa shape index (κ2) is 6.99. The van der Waals surface area contributed by atoms with Crippen LogP contribution in [0.2, 0.25) is 0 Å². The van der Waals surface area contributed by atoms with Crippen LogP contribution >= 0.6 is 0 Å². The molecule has 0 fully saturated rings. The average Bonchev–Trinajstić information content (AvgIpc) is 2.46. The summed E-state index contributed by atoms with van der Waals surface area (Å²) in [7, 11) is 4.35. The van der Waals surface area contributed by atoms with Crippen molar-refractivity contribution in [2.45, 2.75) is 19.4 Å². The number of esters is 1. The number of aliphatic hydroxyl groups excluding tert-OH is 1. The highest BCUT2D eigenvalue weighted by Crippen LogP contribution is 2.34. The Kier molecular flexibility index (Phi) is 5.63. The van der Waals surface area contributed by atoms with Gasteiger partial charge in [-0.05, 0) is 24.6 Å². The molecule has 2 unspecified atom stereocenters. The maximum Gasteiger partial charge on any atom is 0.311 e. The van der Waals surface area contributed by atoms with E-state index < -0.39 is 18.0 Å². The maximum atomic E-state index is 11.7. The number of carbonyl (C=O) groups is 1. The van der Waals surface area contributed by atoms with Crippen LogP contribution in [0.5, 0.6) is 11.5 Å². The van der Waals surface area contributed by atoms with E-state index in [1.165, 1.54) is 21.3 Å². The first-order chi connectivity index (χ1) is 9.08. The zero-order valence-electron chi connectivity index (χ0n) is 11.7. The predicted octanol–water partition coefficient (Wildman–Crippen LogP) is 1.94. The molecule has 0 saturated heterocycles. The van der Waals surface area contributed by atoms with Crippen LogP contribution in [0, 0.1) is 5.92 Å². The van der Waals surface area contributed by atoms with Gasteiger partial charge in [0.05, 0.1) is 33.4 Å². The summed E-state index contributed by atoms with van der Waals surface area (Å²) in [5, 5.41) is 10.4. The quantitative estimate of drug-likeness (QED) is 0.799. The molecular formula is C14H20O5. The summed E-state index contributed by atoms with van der Waals surface area (Å²) in [6.07, 6.45) is -0.531. The summed E-state index contributed by atoms with van der Waals surface area (Å²) >= 11 is 0. The molecule has 0 spiro atoms. The molecule has 0 heterocycles. The Hall–Kier alpha value is -1.75. The van der Waals surface area contributed by atoms with Gasteiger partial charge in [0, 0.05) is 5.56 Å². The summed E-state index contributed by atoms with van der Waals surface area (Å²) in [5.41, 5.74) is 0.513. The van der Waals surface area contributed by atoms with Gasteiger partial charge in [0.1, 0.15) is 11.5 Å². The number of benzene rings is 1. The van der Waals surface area contributed by atoms with Gasteiger partial charge in [-0.2, -0.15) is 0 Å². The number of ether oxygens (including phenoxy) is 3. The zero-order chi connectivity index (χ0) is 14.4. The van der Waals surface area contributed by atoms with E-state index in [1.807, 2.05) is 6.92 Å². The first-order valence-corrected chi connectivity index (χ1v) is 6.06. The molecule has 1 aromatic carbocycles. The Balaban J connectivity index is 3.14. The summed E-state index contributed by atoms with van der Waals surface area (Å²) in [6, 6.07) is 5.09. The maximum absolute atomic E-state index is 11.7. The van der Waals surface area contributed by atoms with E-state index in [-0.39, 0.29) is 0 Å². The van der Waals surface area contributed by atoms with Crippen molar-refractivity contribution in [1.82, 2.24) is 0 Å². The lowest BCUT2D eigenvalue weighted by Crippen LogP contribution is -2.23. The molecule has 0 aromatic heterocycles. The molecule has 2 atom stereocenters. The van der Waals surface area contributed by atoms with Gasteiger partial charge in [-0.3, -0.25) is 4.79 Å².